The van der Waals surface area contributed by atoms with Crippen molar-refractivity contribution in [3.05, 3.63) is 230 Å². The Labute approximate surface area is 411 Å². The number of fused-ring (bicyclic) bond motifs is 7. The van der Waals surface area contributed by atoms with Gasteiger partial charge < -0.3 is 4.57 Å². The van der Waals surface area contributed by atoms with Gasteiger partial charge in [-0.3, -0.25) is 0 Å². The fourth-order valence-corrected chi connectivity index (χ4v) is 10.7. The molecular formula is C64H45N7. The summed E-state index contributed by atoms with van der Waals surface area (Å²) in [4.78, 5) is 30.4. The first kappa shape index (κ1) is 41.9. The molecule has 0 radical (unpaired) electrons. The van der Waals surface area contributed by atoms with E-state index in [9.17, 15) is 0 Å². The van der Waals surface area contributed by atoms with E-state index in [1.54, 1.807) is 0 Å². The lowest BCUT2D eigenvalue weighted by Crippen LogP contribution is -2.15. The molecule has 3 heterocycles. The Bertz CT molecular complexity index is 3900. The van der Waals surface area contributed by atoms with E-state index in [2.05, 4.69) is 123 Å². The normalized spacial score (nSPS) is 12.5. The maximum atomic E-state index is 5.13. The van der Waals surface area contributed by atoms with Crippen molar-refractivity contribution in [1.82, 2.24) is 34.5 Å². The summed E-state index contributed by atoms with van der Waals surface area (Å²) in [6, 6.07) is 76.0. The Balaban J connectivity index is 1.02. The molecule has 13 rings (SSSR count). The maximum absolute atomic E-state index is 5.13. The van der Waals surface area contributed by atoms with Crippen LogP contribution in [0.25, 0.3) is 124 Å². The van der Waals surface area contributed by atoms with E-state index in [-0.39, 0.29) is 5.41 Å². The monoisotopic (exact) mass is 911 g/mol. The molecule has 0 atom stereocenters. The molecule has 1 aliphatic carbocycles. The highest BCUT2D eigenvalue weighted by Crippen LogP contribution is 2.55. The molecule has 12 aromatic rings. The summed E-state index contributed by atoms with van der Waals surface area (Å²) in [7, 11) is 2.22. The van der Waals surface area contributed by atoms with Gasteiger partial charge in [0.1, 0.15) is 0 Å². The highest BCUT2D eigenvalue weighted by molar-refractivity contribution is 6.20. The van der Waals surface area contributed by atoms with Gasteiger partial charge in [0, 0.05) is 67.7 Å². The molecule has 9 aromatic carbocycles. The molecule has 0 saturated carbocycles. The number of aryl methyl sites for hydroxylation is 1. The minimum absolute atomic E-state index is 0.257. The van der Waals surface area contributed by atoms with Crippen LogP contribution < -0.4 is 0 Å². The Kier molecular flexibility index (Phi) is 9.92. The molecule has 0 unspecified atom stereocenters. The van der Waals surface area contributed by atoms with Crippen LogP contribution in [0.3, 0.4) is 0 Å². The Morgan fingerprint density at radius 1 is 0.310 bits per heavy atom. The highest BCUT2D eigenvalue weighted by atomic mass is 15.0. The van der Waals surface area contributed by atoms with Crippen LogP contribution in [-0.2, 0) is 12.5 Å². The van der Waals surface area contributed by atoms with Gasteiger partial charge in [-0.25, -0.2) is 29.9 Å². The van der Waals surface area contributed by atoms with Crippen molar-refractivity contribution in [3.8, 4) is 102 Å². The first-order valence-corrected chi connectivity index (χ1v) is 24.0. The minimum atomic E-state index is -0.257. The Morgan fingerprint density at radius 3 is 1.15 bits per heavy atom. The summed E-state index contributed by atoms with van der Waals surface area (Å²) < 4.78 is 2.42. The van der Waals surface area contributed by atoms with Gasteiger partial charge in [-0.05, 0) is 51.6 Å². The maximum Gasteiger partial charge on any atom is 0.164 e. The second kappa shape index (κ2) is 16.8. The lowest BCUT2D eigenvalue weighted by molar-refractivity contribution is 0.666. The van der Waals surface area contributed by atoms with Crippen LogP contribution >= 0.6 is 0 Å². The standard InChI is InChI=1S/C64H45N7/c1-64(2)53-36-17-16-33-49(53)52-39-51(45-30-19-32-47(38-45)63-69-60(42-25-12-6-13-26-42)66-61(70-63)43-27-14-7-15-28-43)57-54(55(52)64)50-35-20-34-48(56(50)71(57)3)44-29-18-31-46(37-44)62-67-58(40-21-8-4-9-22-40)65-59(68-62)41-23-10-5-11-24-41/h4-39H,1-3H3. The van der Waals surface area contributed by atoms with E-state index in [1.807, 2.05) is 121 Å². The largest absolute Gasteiger partial charge is 0.343 e. The summed E-state index contributed by atoms with van der Waals surface area (Å²) in [6.07, 6.45) is 0. The molecule has 336 valence electrons. The zero-order valence-electron chi connectivity index (χ0n) is 39.4. The molecule has 71 heavy (non-hydrogen) atoms. The number of hydrogen-bond donors (Lipinski definition) is 0. The lowest BCUT2D eigenvalue weighted by atomic mass is 9.79. The van der Waals surface area contributed by atoms with E-state index < -0.39 is 0 Å². The van der Waals surface area contributed by atoms with Crippen LogP contribution in [0.15, 0.2) is 218 Å². The van der Waals surface area contributed by atoms with Gasteiger partial charge >= 0.3 is 0 Å². The van der Waals surface area contributed by atoms with Crippen molar-refractivity contribution in [3.63, 3.8) is 0 Å². The molecule has 0 fully saturated rings. The van der Waals surface area contributed by atoms with Crippen LogP contribution in [-0.4, -0.2) is 34.5 Å². The quantitative estimate of drug-likeness (QED) is 0.151. The summed E-state index contributed by atoms with van der Waals surface area (Å²) in [5.41, 5.74) is 17.2. The zero-order valence-corrected chi connectivity index (χ0v) is 39.4. The van der Waals surface area contributed by atoms with E-state index in [0.29, 0.717) is 34.9 Å². The molecule has 7 heteroatoms. The SMILES string of the molecule is Cn1c2c(-c3cccc(-c4nc(-c5ccccc5)nc(-c5ccccc5)n4)c3)cccc2c2c3c(cc(-c4cccc(-c5nc(-c6ccccc6)nc(-c6ccccc6)n5)c4)c21)-c1ccccc1C3(C)C. The molecular weight excluding hydrogens is 867 g/mol. The van der Waals surface area contributed by atoms with Crippen molar-refractivity contribution in [2.45, 2.75) is 19.3 Å². The molecule has 3 aromatic heterocycles. The number of para-hydroxylation sites is 1. The van der Waals surface area contributed by atoms with Crippen LogP contribution in [0.2, 0.25) is 0 Å². The van der Waals surface area contributed by atoms with E-state index >= 15 is 0 Å². The van der Waals surface area contributed by atoms with E-state index in [1.165, 1.54) is 38.5 Å². The second-order valence-corrected chi connectivity index (χ2v) is 18.7. The Hall–Kier alpha value is -9.20. The fourth-order valence-electron chi connectivity index (χ4n) is 10.7. The average molecular weight is 912 g/mol. The summed E-state index contributed by atoms with van der Waals surface area (Å²) in [6.45, 7) is 4.75. The highest BCUT2D eigenvalue weighted by Gasteiger charge is 2.39. The first-order chi connectivity index (χ1) is 34.9. The third-order valence-electron chi connectivity index (χ3n) is 14.1. The van der Waals surface area contributed by atoms with E-state index in [4.69, 9.17) is 29.9 Å². The molecule has 7 nitrogen and oxygen atoms in total. The molecule has 0 saturated heterocycles. The summed E-state index contributed by atoms with van der Waals surface area (Å²) >= 11 is 0. The van der Waals surface area contributed by atoms with Crippen LogP contribution in [0.5, 0.6) is 0 Å². The molecule has 0 bridgehead atoms. The predicted octanol–water partition coefficient (Wildman–Crippen LogP) is 15.3. The third-order valence-corrected chi connectivity index (χ3v) is 14.1. The van der Waals surface area contributed by atoms with Gasteiger partial charge in [0.15, 0.2) is 34.9 Å². The van der Waals surface area contributed by atoms with Crippen molar-refractivity contribution in [2.24, 2.45) is 7.05 Å². The fraction of sp³-hybridized carbons (Fsp3) is 0.0625. The van der Waals surface area contributed by atoms with Gasteiger partial charge in [0.2, 0.25) is 0 Å². The molecule has 0 spiro atoms. The number of rotatable bonds is 8. The van der Waals surface area contributed by atoms with Gasteiger partial charge in [0.05, 0.1) is 11.0 Å². The lowest BCUT2D eigenvalue weighted by Gasteiger charge is -2.23. The third kappa shape index (κ3) is 7.12. The smallest absolute Gasteiger partial charge is 0.164 e. The Morgan fingerprint density at radius 2 is 0.676 bits per heavy atom. The van der Waals surface area contributed by atoms with Crippen molar-refractivity contribution < 1.29 is 0 Å². The van der Waals surface area contributed by atoms with Gasteiger partial charge in [-0.2, -0.15) is 0 Å². The second-order valence-electron chi connectivity index (χ2n) is 18.7. The number of nitrogens with zero attached hydrogens (tertiary/aromatic N) is 7. The van der Waals surface area contributed by atoms with Crippen LogP contribution in [0.4, 0.5) is 0 Å². The molecule has 1 aliphatic rings. The number of aromatic nitrogens is 7. The zero-order chi connectivity index (χ0) is 47.6. The van der Waals surface area contributed by atoms with Crippen molar-refractivity contribution in [1.29, 1.82) is 0 Å². The van der Waals surface area contributed by atoms with Crippen LogP contribution in [0, 0.1) is 0 Å². The summed E-state index contributed by atoms with van der Waals surface area (Å²) in [5, 5.41) is 2.46. The number of hydrogen-bond acceptors (Lipinski definition) is 6. The molecule has 0 aliphatic heterocycles. The van der Waals surface area contributed by atoms with Crippen molar-refractivity contribution >= 4 is 21.8 Å². The topological polar surface area (TPSA) is 82.3 Å². The van der Waals surface area contributed by atoms with Gasteiger partial charge in [0.25, 0.3) is 0 Å². The van der Waals surface area contributed by atoms with Gasteiger partial charge in [-0.1, -0.05) is 214 Å². The van der Waals surface area contributed by atoms with Crippen molar-refractivity contribution in [2.75, 3.05) is 0 Å². The number of benzene rings is 9. The van der Waals surface area contributed by atoms with Gasteiger partial charge in [-0.15, -0.1) is 0 Å². The van der Waals surface area contributed by atoms with E-state index in [0.717, 1.165) is 61.2 Å². The summed E-state index contributed by atoms with van der Waals surface area (Å²) in [5.74, 6) is 3.77. The first-order valence-electron chi connectivity index (χ1n) is 24.0. The van der Waals surface area contributed by atoms with Crippen LogP contribution in [0.1, 0.15) is 25.0 Å². The predicted molar refractivity (Wildman–Crippen MR) is 288 cm³/mol. The minimum Gasteiger partial charge on any atom is -0.343 e. The average Bonchev–Trinajstić information content (AvgIpc) is 3.87. The molecule has 0 N–H and O–H groups in total. The molecule has 0 amide bonds.